The van der Waals surface area contributed by atoms with Crippen molar-refractivity contribution in [2.75, 3.05) is 7.11 Å². The lowest BCUT2D eigenvalue weighted by molar-refractivity contribution is 0.415. The Labute approximate surface area is 94.7 Å². The van der Waals surface area contributed by atoms with E-state index in [1.807, 2.05) is 24.3 Å². The number of ether oxygens (including phenoxy) is 1. The number of aromatic amines is 1. The van der Waals surface area contributed by atoms with E-state index in [2.05, 4.69) is 29.0 Å². The van der Waals surface area contributed by atoms with E-state index in [4.69, 9.17) is 4.74 Å². The number of hydrogen-bond donors (Lipinski definition) is 1. The van der Waals surface area contributed by atoms with Gasteiger partial charge in [-0.2, -0.15) is 5.10 Å². The number of methoxy groups -OCH3 is 1. The van der Waals surface area contributed by atoms with E-state index in [0.29, 0.717) is 5.92 Å². The van der Waals surface area contributed by atoms with Crippen molar-refractivity contribution in [2.24, 2.45) is 0 Å². The molecular weight excluding hydrogens is 202 g/mol. The molecule has 0 spiro atoms. The summed E-state index contributed by atoms with van der Waals surface area (Å²) in [4.78, 5) is 4.43. The Bertz CT molecular complexity index is 459. The topological polar surface area (TPSA) is 50.8 Å². The summed E-state index contributed by atoms with van der Waals surface area (Å²) in [5, 5.41) is 7.11. The molecule has 1 N–H and O–H groups in total. The van der Waals surface area contributed by atoms with Gasteiger partial charge in [0.2, 0.25) is 0 Å². The molecule has 0 amide bonds. The van der Waals surface area contributed by atoms with Gasteiger partial charge in [-0.3, -0.25) is 5.10 Å². The van der Waals surface area contributed by atoms with Crippen LogP contribution in [0.2, 0.25) is 0 Å². The summed E-state index contributed by atoms with van der Waals surface area (Å²) in [7, 11) is 1.65. The van der Waals surface area contributed by atoms with E-state index < -0.39 is 0 Å². The summed E-state index contributed by atoms with van der Waals surface area (Å²) in [5.41, 5.74) is 1.01. The van der Waals surface area contributed by atoms with E-state index in [1.54, 1.807) is 7.11 Å². The van der Waals surface area contributed by atoms with Crippen molar-refractivity contribution >= 4 is 0 Å². The smallest absolute Gasteiger partial charge is 0.155 e. The van der Waals surface area contributed by atoms with Gasteiger partial charge >= 0.3 is 0 Å². The Kier molecular flexibility index (Phi) is 2.90. The summed E-state index contributed by atoms with van der Waals surface area (Å²) in [6.45, 7) is 4.14. The van der Waals surface area contributed by atoms with Crippen LogP contribution in [0.25, 0.3) is 11.4 Å². The third kappa shape index (κ3) is 2.05. The van der Waals surface area contributed by atoms with Crippen LogP contribution in [0.4, 0.5) is 0 Å². The van der Waals surface area contributed by atoms with Crippen LogP contribution in [-0.4, -0.2) is 22.3 Å². The van der Waals surface area contributed by atoms with Crippen LogP contribution in [0.1, 0.15) is 25.6 Å². The first-order valence-corrected chi connectivity index (χ1v) is 5.27. The maximum Gasteiger partial charge on any atom is 0.155 e. The van der Waals surface area contributed by atoms with E-state index in [-0.39, 0.29) is 0 Å². The largest absolute Gasteiger partial charge is 0.497 e. The monoisotopic (exact) mass is 217 g/mol. The number of benzene rings is 1. The predicted octanol–water partition coefficient (Wildman–Crippen LogP) is 2.60. The Morgan fingerprint density at radius 2 is 1.88 bits per heavy atom. The van der Waals surface area contributed by atoms with E-state index in [1.165, 1.54) is 0 Å². The highest BCUT2D eigenvalue weighted by molar-refractivity contribution is 5.55. The summed E-state index contributed by atoms with van der Waals surface area (Å²) in [5.74, 6) is 2.81. The van der Waals surface area contributed by atoms with Crippen molar-refractivity contribution in [3.63, 3.8) is 0 Å². The zero-order chi connectivity index (χ0) is 11.5. The van der Waals surface area contributed by atoms with Gasteiger partial charge in [0.05, 0.1) is 7.11 Å². The van der Waals surface area contributed by atoms with Gasteiger partial charge in [-0.1, -0.05) is 13.8 Å². The summed E-state index contributed by atoms with van der Waals surface area (Å²) < 4.78 is 5.10. The number of nitrogens with zero attached hydrogens (tertiary/aromatic N) is 2. The Balaban J connectivity index is 2.28. The summed E-state index contributed by atoms with van der Waals surface area (Å²) in [6.07, 6.45) is 0. The van der Waals surface area contributed by atoms with Crippen molar-refractivity contribution < 1.29 is 4.74 Å². The lowest BCUT2D eigenvalue weighted by atomic mass is 10.2. The van der Waals surface area contributed by atoms with Crippen LogP contribution in [0.3, 0.4) is 0 Å². The van der Waals surface area contributed by atoms with Crippen LogP contribution >= 0.6 is 0 Å². The normalized spacial score (nSPS) is 10.8. The van der Waals surface area contributed by atoms with E-state index >= 15 is 0 Å². The maximum absolute atomic E-state index is 5.10. The van der Waals surface area contributed by atoms with Gasteiger partial charge in [0, 0.05) is 11.5 Å². The van der Waals surface area contributed by atoms with Gasteiger partial charge in [0.1, 0.15) is 5.75 Å². The van der Waals surface area contributed by atoms with Crippen LogP contribution in [-0.2, 0) is 0 Å². The minimum absolute atomic E-state index is 0.336. The SMILES string of the molecule is COc1ccc(-c2nc(C(C)C)n[nH]2)cc1. The second kappa shape index (κ2) is 4.35. The highest BCUT2D eigenvalue weighted by Gasteiger charge is 2.08. The predicted molar refractivity (Wildman–Crippen MR) is 62.5 cm³/mol. The average molecular weight is 217 g/mol. The molecule has 0 atom stereocenters. The van der Waals surface area contributed by atoms with Crippen LogP contribution in [0, 0.1) is 0 Å². The molecule has 2 rings (SSSR count). The Morgan fingerprint density at radius 1 is 1.19 bits per heavy atom. The minimum atomic E-state index is 0.336. The molecule has 4 heteroatoms. The van der Waals surface area contributed by atoms with Crippen LogP contribution < -0.4 is 4.74 Å². The fraction of sp³-hybridized carbons (Fsp3) is 0.333. The molecule has 0 fully saturated rings. The first-order chi connectivity index (χ1) is 7.70. The molecule has 0 aliphatic heterocycles. The second-order valence-electron chi connectivity index (χ2n) is 3.93. The van der Waals surface area contributed by atoms with Gasteiger partial charge in [-0.25, -0.2) is 4.98 Å². The van der Waals surface area contributed by atoms with E-state index in [0.717, 1.165) is 23.0 Å². The molecule has 1 heterocycles. The van der Waals surface area contributed by atoms with Gasteiger partial charge in [0.15, 0.2) is 11.6 Å². The molecule has 0 aliphatic carbocycles. The fourth-order valence-electron chi connectivity index (χ4n) is 1.41. The molecule has 4 nitrogen and oxygen atoms in total. The molecule has 84 valence electrons. The summed E-state index contributed by atoms with van der Waals surface area (Å²) >= 11 is 0. The van der Waals surface area contributed by atoms with Gasteiger partial charge in [0.25, 0.3) is 0 Å². The third-order valence-corrected chi connectivity index (χ3v) is 2.38. The zero-order valence-corrected chi connectivity index (χ0v) is 9.69. The first-order valence-electron chi connectivity index (χ1n) is 5.27. The molecule has 0 aliphatic rings. The quantitative estimate of drug-likeness (QED) is 0.859. The van der Waals surface area contributed by atoms with Crippen LogP contribution in [0.5, 0.6) is 5.75 Å². The highest BCUT2D eigenvalue weighted by Crippen LogP contribution is 2.20. The molecule has 0 bridgehead atoms. The van der Waals surface area contributed by atoms with Crippen molar-refractivity contribution in [3.05, 3.63) is 30.1 Å². The number of aromatic nitrogens is 3. The molecule has 0 unspecified atom stereocenters. The first kappa shape index (κ1) is 10.7. The Morgan fingerprint density at radius 3 is 2.38 bits per heavy atom. The second-order valence-corrected chi connectivity index (χ2v) is 3.93. The summed E-state index contributed by atoms with van der Waals surface area (Å²) in [6, 6.07) is 7.74. The van der Waals surface area contributed by atoms with Crippen LogP contribution in [0.15, 0.2) is 24.3 Å². The average Bonchev–Trinajstić information content (AvgIpc) is 2.78. The minimum Gasteiger partial charge on any atom is -0.497 e. The molecule has 16 heavy (non-hydrogen) atoms. The van der Waals surface area contributed by atoms with Crippen molar-refractivity contribution in [1.82, 2.24) is 15.2 Å². The molecule has 1 aromatic carbocycles. The zero-order valence-electron chi connectivity index (χ0n) is 9.69. The van der Waals surface area contributed by atoms with Gasteiger partial charge in [-0.15, -0.1) is 0 Å². The maximum atomic E-state index is 5.10. The molecule has 1 aromatic heterocycles. The lowest BCUT2D eigenvalue weighted by Crippen LogP contribution is -1.89. The number of hydrogen-bond acceptors (Lipinski definition) is 3. The van der Waals surface area contributed by atoms with Gasteiger partial charge < -0.3 is 4.74 Å². The van der Waals surface area contributed by atoms with Crippen molar-refractivity contribution in [1.29, 1.82) is 0 Å². The Hall–Kier alpha value is -1.84. The molecule has 0 radical (unpaired) electrons. The molecule has 2 aromatic rings. The van der Waals surface area contributed by atoms with Crippen molar-refractivity contribution in [2.45, 2.75) is 19.8 Å². The molecule has 0 saturated heterocycles. The van der Waals surface area contributed by atoms with Gasteiger partial charge in [-0.05, 0) is 24.3 Å². The molecule has 0 saturated carbocycles. The number of rotatable bonds is 3. The standard InChI is InChI=1S/C12H15N3O/c1-8(2)11-13-12(15-14-11)9-4-6-10(16-3)7-5-9/h4-8H,1-3H3,(H,13,14,15). The van der Waals surface area contributed by atoms with E-state index in [9.17, 15) is 0 Å². The lowest BCUT2D eigenvalue weighted by Gasteiger charge is -2.00. The van der Waals surface area contributed by atoms with Crippen molar-refractivity contribution in [3.8, 4) is 17.1 Å². The third-order valence-electron chi connectivity index (χ3n) is 2.38. The number of nitrogens with one attached hydrogen (secondary N) is 1. The molecular formula is C12H15N3O. The number of H-pyrrole nitrogens is 1. The highest BCUT2D eigenvalue weighted by atomic mass is 16.5. The fourth-order valence-corrected chi connectivity index (χ4v) is 1.41.